The highest BCUT2D eigenvalue weighted by molar-refractivity contribution is 7.20. The van der Waals surface area contributed by atoms with Crippen molar-refractivity contribution in [1.82, 2.24) is 14.6 Å². The third-order valence-electron chi connectivity index (χ3n) is 4.45. The second kappa shape index (κ2) is 6.70. The monoisotopic (exact) mass is 376 g/mol. The molecule has 4 rings (SSSR count). The molecular formula is C18H24N4OS2. The summed E-state index contributed by atoms with van der Waals surface area (Å²) < 4.78 is 7.79. The highest BCUT2D eigenvalue weighted by atomic mass is 32.1. The normalized spacial score (nSPS) is 18.3. The first-order valence-electron chi connectivity index (χ1n) is 8.75. The minimum Gasteiger partial charge on any atom is -0.376 e. The van der Waals surface area contributed by atoms with Gasteiger partial charge in [-0.1, -0.05) is 38.2 Å². The number of hydrogen-bond donors (Lipinski definition) is 0. The zero-order valence-corrected chi connectivity index (χ0v) is 16.6. The molecule has 0 aliphatic carbocycles. The molecule has 5 nitrogen and oxygen atoms in total. The van der Waals surface area contributed by atoms with Gasteiger partial charge in [-0.2, -0.15) is 0 Å². The van der Waals surface area contributed by atoms with Crippen molar-refractivity contribution in [1.29, 1.82) is 0 Å². The summed E-state index contributed by atoms with van der Waals surface area (Å²) in [5, 5.41) is 7.97. The topological polar surface area (TPSA) is 42.7 Å². The molecule has 3 aromatic heterocycles. The molecule has 134 valence electrons. The van der Waals surface area contributed by atoms with E-state index >= 15 is 0 Å². The number of hydrogen-bond acceptors (Lipinski definition) is 6. The van der Waals surface area contributed by atoms with Crippen molar-refractivity contribution in [2.45, 2.75) is 51.7 Å². The van der Waals surface area contributed by atoms with E-state index in [1.807, 2.05) is 4.52 Å². The summed E-state index contributed by atoms with van der Waals surface area (Å²) in [6.45, 7) is 9.19. The first kappa shape index (κ1) is 17.0. The molecule has 1 unspecified atom stereocenters. The molecule has 0 aromatic carbocycles. The van der Waals surface area contributed by atoms with E-state index in [1.165, 1.54) is 4.88 Å². The predicted octanol–water partition coefficient (Wildman–Crippen LogP) is 4.34. The smallest absolute Gasteiger partial charge is 0.214 e. The Bertz CT molecular complexity index is 794. The van der Waals surface area contributed by atoms with Crippen molar-refractivity contribution >= 4 is 32.8 Å². The fourth-order valence-electron chi connectivity index (χ4n) is 3.01. The fraction of sp³-hybridized carbons (Fsp3) is 0.556. The van der Waals surface area contributed by atoms with Crippen LogP contribution in [0.4, 0.5) is 5.13 Å². The van der Waals surface area contributed by atoms with Gasteiger partial charge in [-0.3, -0.25) is 0 Å². The molecule has 1 atom stereocenters. The first-order chi connectivity index (χ1) is 12.0. The van der Waals surface area contributed by atoms with Gasteiger partial charge in [-0.05, 0) is 24.3 Å². The third kappa shape index (κ3) is 3.73. The number of imidazole rings is 1. The maximum Gasteiger partial charge on any atom is 0.214 e. The lowest BCUT2D eigenvalue weighted by Gasteiger charge is -2.23. The van der Waals surface area contributed by atoms with Gasteiger partial charge in [0.2, 0.25) is 10.1 Å². The van der Waals surface area contributed by atoms with Gasteiger partial charge in [0.25, 0.3) is 0 Å². The number of nitrogens with zero attached hydrogens (tertiary/aromatic N) is 4. The van der Waals surface area contributed by atoms with E-state index in [0.717, 1.165) is 48.3 Å². The average Bonchev–Trinajstić information content (AvgIpc) is 3.30. The molecular weight excluding hydrogens is 352 g/mol. The highest BCUT2D eigenvalue weighted by Gasteiger charge is 2.24. The molecule has 7 heteroatoms. The van der Waals surface area contributed by atoms with Gasteiger partial charge in [0.05, 0.1) is 24.5 Å². The van der Waals surface area contributed by atoms with E-state index in [2.05, 4.69) is 49.4 Å². The standard InChI is InChI=1S/C18H24N4OS2/c1-18(2,3)15-12-22-16(19-15)25-17(20-22)21(10-13-6-4-8-23-13)11-14-7-5-9-24-14/h5,7,9,12-13H,4,6,8,10-11H2,1-3H3. The molecule has 0 saturated carbocycles. The Labute approximate surface area is 156 Å². The van der Waals surface area contributed by atoms with Crippen LogP contribution in [0.1, 0.15) is 44.2 Å². The van der Waals surface area contributed by atoms with Crippen LogP contribution in [0.15, 0.2) is 23.7 Å². The maximum atomic E-state index is 5.86. The first-order valence-corrected chi connectivity index (χ1v) is 10.4. The minimum absolute atomic E-state index is 0.0436. The van der Waals surface area contributed by atoms with E-state index in [4.69, 9.17) is 14.8 Å². The van der Waals surface area contributed by atoms with Crippen LogP contribution >= 0.6 is 22.7 Å². The van der Waals surface area contributed by atoms with Crippen molar-refractivity contribution in [3.05, 3.63) is 34.3 Å². The lowest BCUT2D eigenvalue weighted by atomic mass is 9.93. The van der Waals surface area contributed by atoms with Gasteiger partial charge in [-0.15, -0.1) is 16.4 Å². The molecule has 0 N–H and O–H groups in total. The van der Waals surface area contributed by atoms with Gasteiger partial charge in [0, 0.05) is 23.4 Å². The van der Waals surface area contributed by atoms with Gasteiger partial charge in [-0.25, -0.2) is 9.50 Å². The number of ether oxygens (including phenoxy) is 1. The SMILES string of the molecule is CC(C)(C)c1cn2nc(N(Cc3cccs3)CC3CCCO3)sc2n1. The number of aromatic nitrogens is 3. The van der Waals surface area contributed by atoms with Crippen LogP contribution in [0.2, 0.25) is 0 Å². The Hall–Kier alpha value is -1.44. The van der Waals surface area contributed by atoms with Crippen molar-refractivity contribution in [2.24, 2.45) is 0 Å². The second-order valence-electron chi connectivity index (χ2n) is 7.58. The Balaban J connectivity index is 1.60. The lowest BCUT2D eigenvalue weighted by Crippen LogP contribution is -2.31. The van der Waals surface area contributed by atoms with Crippen LogP contribution in [0.5, 0.6) is 0 Å². The molecule has 4 heterocycles. The van der Waals surface area contributed by atoms with E-state index in [-0.39, 0.29) is 5.41 Å². The van der Waals surface area contributed by atoms with E-state index in [0.29, 0.717) is 6.10 Å². The largest absolute Gasteiger partial charge is 0.376 e. The minimum atomic E-state index is 0.0436. The lowest BCUT2D eigenvalue weighted by molar-refractivity contribution is 0.115. The summed E-state index contributed by atoms with van der Waals surface area (Å²) in [6, 6.07) is 4.29. The highest BCUT2D eigenvalue weighted by Crippen LogP contribution is 2.30. The molecule has 0 amide bonds. The third-order valence-corrected chi connectivity index (χ3v) is 6.29. The Morgan fingerprint density at radius 2 is 2.28 bits per heavy atom. The van der Waals surface area contributed by atoms with Crippen molar-refractivity contribution in [3.63, 3.8) is 0 Å². The average molecular weight is 377 g/mol. The van der Waals surface area contributed by atoms with Gasteiger partial charge in [0.15, 0.2) is 0 Å². The number of anilines is 1. The van der Waals surface area contributed by atoms with E-state index < -0.39 is 0 Å². The zero-order valence-electron chi connectivity index (χ0n) is 14.9. The van der Waals surface area contributed by atoms with Gasteiger partial charge < -0.3 is 9.64 Å². The summed E-state index contributed by atoms with van der Waals surface area (Å²) in [5.41, 5.74) is 1.13. The molecule has 1 aliphatic heterocycles. The van der Waals surface area contributed by atoms with E-state index in [9.17, 15) is 0 Å². The quantitative estimate of drug-likeness (QED) is 0.664. The molecule has 1 aliphatic rings. The molecule has 25 heavy (non-hydrogen) atoms. The summed E-state index contributed by atoms with van der Waals surface area (Å²) in [5.74, 6) is 0. The molecule has 1 fully saturated rings. The van der Waals surface area contributed by atoms with Crippen molar-refractivity contribution < 1.29 is 4.74 Å². The molecule has 1 saturated heterocycles. The van der Waals surface area contributed by atoms with E-state index in [1.54, 1.807) is 22.7 Å². The summed E-state index contributed by atoms with van der Waals surface area (Å²) in [4.78, 5) is 9.43. The van der Waals surface area contributed by atoms with Crippen LogP contribution in [-0.2, 0) is 16.7 Å². The van der Waals surface area contributed by atoms with Gasteiger partial charge in [0.1, 0.15) is 0 Å². The summed E-state index contributed by atoms with van der Waals surface area (Å²) in [6.07, 6.45) is 4.66. The second-order valence-corrected chi connectivity index (χ2v) is 9.55. The molecule has 3 aromatic rings. The van der Waals surface area contributed by atoms with Crippen molar-refractivity contribution in [2.75, 3.05) is 18.1 Å². The maximum absolute atomic E-state index is 5.86. The number of rotatable bonds is 5. The Morgan fingerprint density at radius 3 is 2.92 bits per heavy atom. The van der Waals surface area contributed by atoms with Crippen LogP contribution in [0.3, 0.4) is 0 Å². The molecule has 0 spiro atoms. The van der Waals surface area contributed by atoms with Crippen LogP contribution in [0.25, 0.3) is 4.96 Å². The predicted molar refractivity (Wildman–Crippen MR) is 104 cm³/mol. The van der Waals surface area contributed by atoms with Gasteiger partial charge >= 0.3 is 0 Å². The van der Waals surface area contributed by atoms with Crippen LogP contribution < -0.4 is 4.90 Å². The summed E-state index contributed by atoms with van der Waals surface area (Å²) >= 11 is 3.45. The number of thiophene rings is 1. The molecule has 0 bridgehead atoms. The number of fused-ring (bicyclic) bond motifs is 1. The molecule has 0 radical (unpaired) electrons. The van der Waals surface area contributed by atoms with Crippen LogP contribution in [0, 0.1) is 0 Å². The fourth-order valence-corrected chi connectivity index (χ4v) is 4.62. The van der Waals surface area contributed by atoms with Crippen molar-refractivity contribution in [3.8, 4) is 0 Å². The zero-order chi connectivity index (χ0) is 17.4. The Kier molecular flexibility index (Phi) is 4.56. The summed E-state index contributed by atoms with van der Waals surface area (Å²) in [7, 11) is 0. The Morgan fingerprint density at radius 1 is 1.40 bits per heavy atom. The van der Waals surface area contributed by atoms with Crippen LogP contribution in [-0.4, -0.2) is 33.9 Å².